The van der Waals surface area contributed by atoms with Crippen LogP contribution >= 0.6 is 11.6 Å². The molecule has 3 rings (SSSR count). The molecular formula is C14H12ClN3O. The number of aryl methyl sites for hydroxylation is 1. The van der Waals surface area contributed by atoms with Gasteiger partial charge in [0.25, 0.3) is 5.56 Å². The molecule has 4 nitrogen and oxygen atoms in total. The van der Waals surface area contributed by atoms with Crippen molar-refractivity contribution in [2.45, 2.75) is 12.8 Å². The highest BCUT2D eigenvalue weighted by molar-refractivity contribution is 6.17. The van der Waals surface area contributed by atoms with E-state index in [1.54, 1.807) is 4.68 Å². The Kier molecular flexibility index (Phi) is 2.87. The quantitative estimate of drug-likeness (QED) is 0.730. The van der Waals surface area contributed by atoms with Crippen molar-refractivity contribution in [3.05, 3.63) is 58.0 Å². The maximum Gasteiger partial charge on any atom is 0.254 e. The molecule has 2 heterocycles. The molecule has 96 valence electrons. The molecule has 0 saturated carbocycles. The minimum Gasteiger partial charge on any atom is -0.306 e. The average molecular weight is 274 g/mol. The number of hydrogen-bond donors (Lipinski definition) is 1. The summed E-state index contributed by atoms with van der Waals surface area (Å²) in [6.07, 6.45) is 0. The van der Waals surface area contributed by atoms with E-state index in [0.717, 1.165) is 16.8 Å². The number of halogens is 1. The van der Waals surface area contributed by atoms with Gasteiger partial charge in [-0.3, -0.25) is 4.79 Å². The second-order valence-electron chi connectivity index (χ2n) is 4.35. The Morgan fingerprint density at radius 2 is 2.05 bits per heavy atom. The summed E-state index contributed by atoms with van der Waals surface area (Å²) in [5.41, 5.74) is 2.86. The molecule has 0 aliphatic heterocycles. The van der Waals surface area contributed by atoms with Gasteiger partial charge < -0.3 is 4.98 Å². The van der Waals surface area contributed by atoms with Crippen LogP contribution in [0.1, 0.15) is 11.3 Å². The van der Waals surface area contributed by atoms with Crippen LogP contribution in [-0.2, 0) is 5.88 Å². The van der Waals surface area contributed by atoms with E-state index in [2.05, 4.69) is 10.1 Å². The highest BCUT2D eigenvalue weighted by Crippen LogP contribution is 2.19. The van der Waals surface area contributed by atoms with Gasteiger partial charge in [0.1, 0.15) is 5.65 Å². The molecule has 0 aliphatic carbocycles. The van der Waals surface area contributed by atoms with Gasteiger partial charge in [0.15, 0.2) is 0 Å². The molecule has 3 aromatic rings. The molecule has 0 atom stereocenters. The highest BCUT2D eigenvalue weighted by Gasteiger charge is 2.11. The van der Waals surface area contributed by atoms with Crippen LogP contribution in [0.15, 0.2) is 41.2 Å². The Balaban J connectivity index is 2.34. The Hall–Kier alpha value is -2.07. The number of aromatic amines is 1. The molecule has 0 spiro atoms. The Bertz CT molecular complexity index is 790. The summed E-state index contributed by atoms with van der Waals surface area (Å²) >= 11 is 5.76. The smallest absolute Gasteiger partial charge is 0.254 e. The fraction of sp³-hybridized carbons (Fsp3) is 0.143. The molecule has 2 aromatic heterocycles. The third kappa shape index (κ3) is 1.94. The lowest BCUT2D eigenvalue weighted by Gasteiger charge is -2.03. The summed E-state index contributed by atoms with van der Waals surface area (Å²) in [6, 6.07) is 11.5. The summed E-state index contributed by atoms with van der Waals surface area (Å²) < 4.78 is 1.74. The zero-order valence-electron chi connectivity index (χ0n) is 10.4. The van der Waals surface area contributed by atoms with Crippen molar-refractivity contribution < 1.29 is 0 Å². The fourth-order valence-electron chi connectivity index (χ4n) is 2.12. The molecule has 1 aromatic carbocycles. The van der Waals surface area contributed by atoms with Crippen molar-refractivity contribution >= 4 is 22.6 Å². The molecule has 1 N–H and O–H groups in total. The monoisotopic (exact) mass is 273 g/mol. The third-order valence-electron chi connectivity index (χ3n) is 3.09. The van der Waals surface area contributed by atoms with Crippen LogP contribution in [0, 0.1) is 6.92 Å². The first kappa shape index (κ1) is 12.0. The summed E-state index contributed by atoms with van der Waals surface area (Å²) in [7, 11) is 0. The molecule has 0 saturated heterocycles. The van der Waals surface area contributed by atoms with Crippen molar-refractivity contribution in [1.82, 2.24) is 14.8 Å². The molecule has 0 unspecified atom stereocenters. The SMILES string of the molecule is Cc1nn(-c2ccccc2)c2[nH]c(=O)c(CCl)cc12. The lowest BCUT2D eigenvalue weighted by atomic mass is 10.2. The predicted octanol–water partition coefficient (Wildman–Crippen LogP) is 2.76. The van der Waals surface area contributed by atoms with Gasteiger partial charge in [-0.1, -0.05) is 18.2 Å². The van der Waals surface area contributed by atoms with Gasteiger partial charge in [0, 0.05) is 10.9 Å². The number of hydrogen-bond acceptors (Lipinski definition) is 2. The fourth-order valence-corrected chi connectivity index (χ4v) is 2.31. The normalized spacial score (nSPS) is 11.1. The molecule has 5 heteroatoms. The molecule has 0 radical (unpaired) electrons. The van der Waals surface area contributed by atoms with Gasteiger partial charge in [-0.05, 0) is 25.1 Å². The number of fused-ring (bicyclic) bond motifs is 1. The van der Waals surface area contributed by atoms with Gasteiger partial charge in [-0.2, -0.15) is 5.10 Å². The average Bonchev–Trinajstić information content (AvgIpc) is 2.75. The van der Waals surface area contributed by atoms with Gasteiger partial charge in [0.05, 0.1) is 17.3 Å². The molecule has 0 aliphatic rings. The van der Waals surface area contributed by atoms with Crippen molar-refractivity contribution in [3.63, 3.8) is 0 Å². The number of rotatable bonds is 2. The number of pyridine rings is 1. The number of nitrogens with one attached hydrogen (secondary N) is 1. The van der Waals surface area contributed by atoms with Crippen LogP contribution in [0.3, 0.4) is 0 Å². The van der Waals surface area contributed by atoms with E-state index < -0.39 is 0 Å². The lowest BCUT2D eigenvalue weighted by Crippen LogP contribution is -2.12. The van der Waals surface area contributed by atoms with Gasteiger partial charge >= 0.3 is 0 Å². The first-order valence-electron chi connectivity index (χ1n) is 5.93. The topological polar surface area (TPSA) is 50.7 Å². The number of alkyl halides is 1. The van der Waals surface area contributed by atoms with Crippen molar-refractivity contribution in [2.75, 3.05) is 0 Å². The van der Waals surface area contributed by atoms with Crippen LogP contribution in [0.5, 0.6) is 0 Å². The zero-order chi connectivity index (χ0) is 13.4. The maximum atomic E-state index is 11.9. The summed E-state index contributed by atoms with van der Waals surface area (Å²) in [5.74, 6) is 0.196. The molecule has 0 amide bonds. The van der Waals surface area contributed by atoms with Gasteiger partial charge in [-0.25, -0.2) is 4.68 Å². The minimum atomic E-state index is -0.167. The number of nitrogens with zero attached hydrogens (tertiary/aromatic N) is 2. The first-order chi connectivity index (χ1) is 9.20. The van der Waals surface area contributed by atoms with Crippen LogP contribution in [0.25, 0.3) is 16.7 Å². The highest BCUT2D eigenvalue weighted by atomic mass is 35.5. The largest absolute Gasteiger partial charge is 0.306 e. The van der Waals surface area contributed by atoms with Crippen molar-refractivity contribution in [1.29, 1.82) is 0 Å². The molecular weight excluding hydrogens is 262 g/mol. The minimum absolute atomic E-state index is 0.167. The number of para-hydroxylation sites is 1. The number of benzene rings is 1. The number of aromatic nitrogens is 3. The third-order valence-corrected chi connectivity index (χ3v) is 3.38. The van der Waals surface area contributed by atoms with E-state index in [0.29, 0.717) is 11.2 Å². The van der Waals surface area contributed by atoms with Crippen LogP contribution in [-0.4, -0.2) is 14.8 Å². The van der Waals surface area contributed by atoms with E-state index in [9.17, 15) is 4.79 Å². The molecule has 0 fully saturated rings. The van der Waals surface area contributed by atoms with Crippen LogP contribution in [0.4, 0.5) is 0 Å². The summed E-state index contributed by atoms with van der Waals surface area (Å²) in [6.45, 7) is 1.91. The molecule has 0 bridgehead atoms. The molecule has 19 heavy (non-hydrogen) atoms. The Morgan fingerprint density at radius 1 is 1.32 bits per heavy atom. The standard InChI is InChI=1S/C14H12ClN3O/c1-9-12-7-10(8-15)14(19)16-13(12)18(17-9)11-5-3-2-4-6-11/h2-7H,8H2,1H3,(H,16,19). The Morgan fingerprint density at radius 3 is 2.74 bits per heavy atom. The number of H-pyrrole nitrogens is 1. The maximum absolute atomic E-state index is 11.9. The van der Waals surface area contributed by atoms with Crippen molar-refractivity contribution in [2.24, 2.45) is 0 Å². The van der Waals surface area contributed by atoms with Crippen molar-refractivity contribution in [3.8, 4) is 5.69 Å². The first-order valence-corrected chi connectivity index (χ1v) is 6.47. The van der Waals surface area contributed by atoms with E-state index >= 15 is 0 Å². The Labute approximate surface area is 114 Å². The van der Waals surface area contributed by atoms with Crippen LogP contribution < -0.4 is 5.56 Å². The van der Waals surface area contributed by atoms with Crippen LogP contribution in [0.2, 0.25) is 0 Å². The zero-order valence-corrected chi connectivity index (χ0v) is 11.1. The van der Waals surface area contributed by atoms with Gasteiger partial charge in [-0.15, -0.1) is 11.6 Å². The van der Waals surface area contributed by atoms with E-state index in [4.69, 9.17) is 11.6 Å². The summed E-state index contributed by atoms with van der Waals surface area (Å²) in [4.78, 5) is 14.7. The van der Waals surface area contributed by atoms with Gasteiger partial charge in [0.2, 0.25) is 0 Å². The summed E-state index contributed by atoms with van der Waals surface area (Å²) in [5, 5.41) is 5.40. The van der Waals surface area contributed by atoms with E-state index in [-0.39, 0.29) is 11.4 Å². The lowest BCUT2D eigenvalue weighted by molar-refractivity contribution is 0.875. The second-order valence-corrected chi connectivity index (χ2v) is 4.62. The second kappa shape index (κ2) is 4.55. The van der Waals surface area contributed by atoms with E-state index in [1.165, 1.54) is 0 Å². The van der Waals surface area contributed by atoms with E-state index in [1.807, 2.05) is 43.3 Å². The predicted molar refractivity (Wildman–Crippen MR) is 76.0 cm³/mol.